The smallest absolute Gasteiger partial charge is 0.378 e. The summed E-state index contributed by atoms with van der Waals surface area (Å²) in [6.45, 7) is 2.17. The van der Waals surface area contributed by atoms with Crippen LogP contribution in [0.1, 0.15) is 11.1 Å². The molecule has 1 aliphatic rings. The van der Waals surface area contributed by atoms with Gasteiger partial charge in [-0.05, 0) is 17.7 Å². The van der Waals surface area contributed by atoms with Gasteiger partial charge in [-0.3, -0.25) is 9.36 Å². The molecule has 8 nitrogen and oxygen atoms in total. The Hall–Kier alpha value is -3.21. The number of ether oxygens (including phenoxy) is 1. The van der Waals surface area contributed by atoms with E-state index in [0.717, 1.165) is 12.1 Å². The lowest BCUT2D eigenvalue weighted by atomic mass is 10.1. The minimum absolute atomic E-state index is 0.105. The standard InChI is InChI=1S/C19H19F3N6O2/c1-27-16-14(26-17(18(27)29)28-5-7-30-8-6-28)15(24-11-25-16)23-10-12-3-2-4-13(9-12)19(20,21)22/h2-4,9,11H,5-8,10H2,1H3,(H,23,24,25). The minimum atomic E-state index is -4.41. The third-order valence-electron chi connectivity index (χ3n) is 4.86. The molecule has 1 aromatic carbocycles. The number of aryl methyl sites for hydroxylation is 1. The van der Waals surface area contributed by atoms with Gasteiger partial charge in [-0.15, -0.1) is 0 Å². The van der Waals surface area contributed by atoms with E-state index in [1.54, 1.807) is 13.1 Å². The molecule has 11 heteroatoms. The third-order valence-corrected chi connectivity index (χ3v) is 4.86. The molecule has 30 heavy (non-hydrogen) atoms. The van der Waals surface area contributed by atoms with Crippen LogP contribution in [0.2, 0.25) is 0 Å². The van der Waals surface area contributed by atoms with Gasteiger partial charge in [0.05, 0.1) is 18.8 Å². The number of hydrogen-bond acceptors (Lipinski definition) is 7. The van der Waals surface area contributed by atoms with Gasteiger partial charge in [0, 0.05) is 26.7 Å². The van der Waals surface area contributed by atoms with Crippen LogP contribution < -0.4 is 15.8 Å². The van der Waals surface area contributed by atoms with Crippen molar-refractivity contribution in [1.29, 1.82) is 0 Å². The monoisotopic (exact) mass is 420 g/mol. The summed E-state index contributed by atoms with van der Waals surface area (Å²) in [6, 6.07) is 5.05. The van der Waals surface area contributed by atoms with E-state index in [1.165, 1.54) is 17.0 Å². The number of fused-ring (bicyclic) bond motifs is 1. The first-order valence-corrected chi connectivity index (χ1v) is 9.29. The zero-order chi connectivity index (χ0) is 21.3. The molecular formula is C19H19F3N6O2. The zero-order valence-electron chi connectivity index (χ0n) is 16.1. The summed E-state index contributed by atoms with van der Waals surface area (Å²) in [6.07, 6.45) is -3.13. The van der Waals surface area contributed by atoms with E-state index in [1.807, 2.05) is 4.90 Å². The SMILES string of the molecule is Cn1c(=O)c(N2CCOCC2)nc2c(NCc3cccc(C(F)(F)F)c3)ncnc21. The fourth-order valence-electron chi connectivity index (χ4n) is 3.27. The van der Waals surface area contributed by atoms with E-state index in [2.05, 4.69) is 20.3 Å². The molecule has 0 atom stereocenters. The van der Waals surface area contributed by atoms with Gasteiger partial charge < -0.3 is 15.0 Å². The summed E-state index contributed by atoms with van der Waals surface area (Å²) in [5, 5.41) is 3.02. The number of nitrogens with zero attached hydrogens (tertiary/aromatic N) is 5. The molecule has 0 radical (unpaired) electrons. The van der Waals surface area contributed by atoms with E-state index in [-0.39, 0.29) is 17.9 Å². The molecule has 1 aliphatic heterocycles. The molecule has 158 valence electrons. The first-order chi connectivity index (χ1) is 14.3. The molecule has 0 spiro atoms. The molecule has 0 aliphatic carbocycles. The van der Waals surface area contributed by atoms with Crippen LogP contribution >= 0.6 is 0 Å². The van der Waals surface area contributed by atoms with Crippen molar-refractivity contribution >= 4 is 22.8 Å². The molecule has 0 bridgehead atoms. The average molecular weight is 420 g/mol. The lowest BCUT2D eigenvalue weighted by molar-refractivity contribution is -0.137. The van der Waals surface area contributed by atoms with Crippen LogP contribution in [0.5, 0.6) is 0 Å². The van der Waals surface area contributed by atoms with Crippen LogP contribution in [0.15, 0.2) is 35.4 Å². The summed E-state index contributed by atoms with van der Waals surface area (Å²) in [7, 11) is 1.60. The molecule has 0 amide bonds. The highest BCUT2D eigenvalue weighted by atomic mass is 19.4. The topological polar surface area (TPSA) is 85.2 Å². The van der Waals surface area contributed by atoms with E-state index in [4.69, 9.17) is 4.74 Å². The van der Waals surface area contributed by atoms with Gasteiger partial charge in [-0.1, -0.05) is 12.1 Å². The number of nitrogens with one attached hydrogen (secondary N) is 1. The van der Waals surface area contributed by atoms with Crippen LogP contribution in [-0.4, -0.2) is 45.8 Å². The van der Waals surface area contributed by atoms with Crippen molar-refractivity contribution in [2.75, 3.05) is 36.5 Å². The van der Waals surface area contributed by atoms with Gasteiger partial charge in [-0.2, -0.15) is 13.2 Å². The fourth-order valence-corrected chi connectivity index (χ4v) is 3.27. The summed E-state index contributed by atoms with van der Waals surface area (Å²) >= 11 is 0. The van der Waals surface area contributed by atoms with Crippen molar-refractivity contribution in [2.24, 2.45) is 7.05 Å². The first kappa shape index (κ1) is 20.1. The number of alkyl halides is 3. The minimum Gasteiger partial charge on any atom is -0.378 e. The molecular weight excluding hydrogens is 401 g/mol. The predicted molar refractivity (Wildman–Crippen MR) is 104 cm³/mol. The second-order valence-corrected chi connectivity index (χ2v) is 6.85. The van der Waals surface area contributed by atoms with Crippen LogP contribution in [0.4, 0.5) is 24.8 Å². The van der Waals surface area contributed by atoms with Crippen molar-refractivity contribution in [1.82, 2.24) is 19.5 Å². The summed E-state index contributed by atoms with van der Waals surface area (Å²) in [5.74, 6) is 0.604. The maximum atomic E-state index is 12.9. The van der Waals surface area contributed by atoms with Gasteiger partial charge in [0.2, 0.25) is 0 Å². The average Bonchev–Trinajstić information content (AvgIpc) is 2.75. The number of rotatable bonds is 4. The molecule has 3 heterocycles. The van der Waals surface area contributed by atoms with Crippen LogP contribution in [0, 0.1) is 0 Å². The number of hydrogen-bond donors (Lipinski definition) is 1. The Morgan fingerprint density at radius 3 is 2.70 bits per heavy atom. The Labute approximate surface area is 169 Å². The molecule has 2 aromatic heterocycles. The zero-order valence-corrected chi connectivity index (χ0v) is 16.1. The largest absolute Gasteiger partial charge is 0.416 e. The Morgan fingerprint density at radius 2 is 1.97 bits per heavy atom. The van der Waals surface area contributed by atoms with Crippen molar-refractivity contribution < 1.29 is 17.9 Å². The van der Waals surface area contributed by atoms with Crippen LogP contribution in [-0.2, 0) is 24.5 Å². The first-order valence-electron chi connectivity index (χ1n) is 9.29. The van der Waals surface area contributed by atoms with Crippen molar-refractivity contribution in [3.8, 4) is 0 Å². The molecule has 1 saturated heterocycles. The lowest BCUT2D eigenvalue weighted by Gasteiger charge is -2.27. The number of morpholine rings is 1. The molecule has 1 N–H and O–H groups in total. The van der Waals surface area contributed by atoms with E-state index >= 15 is 0 Å². The Balaban J connectivity index is 1.68. The molecule has 1 fully saturated rings. The van der Waals surface area contributed by atoms with Gasteiger partial charge in [-0.25, -0.2) is 15.0 Å². The second-order valence-electron chi connectivity index (χ2n) is 6.85. The highest BCUT2D eigenvalue weighted by Gasteiger charge is 2.30. The van der Waals surface area contributed by atoms with E-state index < -0.39 is 11.7 Å². The number of halogens is 3. The van der Waals surface area contributed by atoms with E-state index in [0.29, 0.717) is 48.8 Å². The molecule has 0 unspecified atom stereocenters. The lowest BCUT2D eigenvalue weighted by Crippen LogP contribution is -2.41. The van der Waals surface area contributed by atoms with Crippen LogP contribution in [0.25, 0.3) is 11.2 Å². The van der Waals surface area contributed by atoms with Gasteiger partial charge in [0.25, 0.3) is 5.56 Å². The molecule has 0 saturated carbocycles. The highest BCUT2D eigenvalue weighted by Crippen LogP contribution is 2.29. The van der Waals surface area contributed by atoms with Crippen LogP contribution in [0.3, 0.4) is 0 Å². The van der Waals surface area contributed by atoms with Gasteiger partial charge in [0.1, 0.15) is 6.33 Å². The number of anilines is 2. The Kier molecular flexibility index (Phi) is 5.29. The predicted octanol–water partition coefficient (Wildman–Crippen LogP) is 2.19. The van der Waals surface area contributed by atoms with Gasteiger partial charge >= 0.3 is 6.18 Å². The summed E-state index contributed by atoms with van der Waals surface area (Å²) in [4.78, 5) is 27.4. The maximum absolute atomic E-state index is 12.9. The summed E-state index contributed by atoms with van der Waals surface area (Å²) < 4.78 is 45.6. The fraction of sp³-hybridized carbons (Fsp3) is 0.368. The summed E-state index contributed by atoms with van der Waals surface area (Å²) in [5.41, 5.74) is 0.137. The van der Waals surface area contributed by atoms with E-state index in [9.17, 15) is 18.0 Å². The maximum Gasteiger partial charge on any atom is 0.416 e. The van der Waals surface area contributed by atoms with Crippen molar-refractivity contribution in [3.63, 3.8) is 0 Å². The van der Waals surface area contributed by atoms with Crippen molar-refractivity contribution in [2.45, 2.75) is 12.7 Å². The number of aromatic nitrogens is 4. The second kappa shape index (κ2) is 7.90. The van der Waals surface area contributed by atoms with Gasteiger partial charge in [0.15, 0.2) is 22.8 Å². The Bertz CT molecular complexity index is 1130. The molecule has 4 rings (SSSR count). The molecule has 3 aromatic rings. The third kappa shape index (κ3) is 3.92. The number of benzene rings is 1. The Morgan fingerprint density at radius 1 is 1.20 bits per heavy atom. The van der Waals surface area contributed by atoms with Crippen molar-refractivity contribution in [3.05, 3.63) is 52.1 Å². The normalized spacial score (nSPS) is 14.9. The highest BCUT2D eigenvalue weighted by molar-refractivity contribution is 5.83. The quantitative estimate of drug-likeness (QED) is 0.693.